The summed E-state index contributed by atoms with van der Waals surface area (Å²) in [4.78, 5) is 6.65. The van der Waals surface area contributed by atoms with Crippen molar-refractivity contribution in [2.75, 3.05) is 6.26 Å². The van der Waals surface area contributed by atoms with Gasteiger partial charge in [-0.3, -0.25) is 0 Å². The molecule has 0 radical (unpaired) electrons. The predicted octanol–water partition coefficient (Wildman–Crippen LogP) is 2.02. The van der Waals surface area contributed by atoms with Gasteiger partial charge in [-0.2, -0.15) is 13.2 Å². The average molecular weight is 268 g/mol. The van der Waals surface area contributed by atoms with E-state index >= 15 is 0 Å². The largest absolute Gasteiger partial charge is 0.433 e. The van der Waals surface area contributed by atoms with Crippen LogP contribution >= 0.6 is 0 Å². The van der Waals surface area contributed by atoms with Crippen LogP contribution in [0.4, 0.5) is 13.2 Å². The number of rotatable bonds is 2. The molecule has 0 fully saturated rings. The van der Waals surface area contributed by atoms with Crippen LogP contribution in [-0.4, -0.2) is 24.6 Å². The molecule has 0 atom stereocenters. The molecule has 0 unspecified atom stereocenters. The van der Waals surface area contributed by atoms with Crippen LogP contribution in [0.15, 0.2) is 11.2 Å². The van der Waals surface area contributed by atoms with Crippen LogP contribution < -0.4 is 0 Å². The number of nitrogens with zero attached hydrogens (tertiary/aromatic N) is 2. The first kappa shape index (κ1) is 13.9. The molecular weight excluding hydrogens is 257 g/mol. The van der Waals surface area contributed by atoms with E-state index in [0.717, 1.165) is 12.3 Å². The van der Waals surface area contributed by atoms with E-state index in [-0.39, 0.29) is 11.6 Å². The minimum atomic E-state index is -4.69. The van der Waals surface area contributed by atoms with Gasteiger partial charge in [-0.1, -0.05) is 13.8 Å². The van der Waals surface area contributed by atoms with Gasteiger partial charge in [0.25, 0.3) is 0 Å². The number of hydrogen-bond acceptors (Lipinski definition) is 4. The van der Waals surface area contributed by atoms with Gasteiger partial charge < -0.3 is 0 Å². The van der Waals surface area contributed by atoms with Gasteiger partial charge in [0, 0.05) is 11.9 Å². The molecule has 0 aliphatic carbocycles. The van der Waals surface area contributed by atoms with Crippen LogP contribution in [0.2, 0.25) is 0 Å². The summed E-state index contributed by atoms with van der Waals surface area (Å²) < 4.78 is 59.9. The van der Waals surface area contributed by atoms with Crippen LogP contribution in [0.5, 0.6) is 0 Å². The van der Waals surface area contributed by atoms with Gasteiger partial charge in [0.1, 0.15) is 5.69 Å². The maximum Gasteiger partial charge on any atom is 0.433 e. The first-order chi connectivity index (χ1) is 7.51. The van der Waals surface area contributed by atoms with E-state index < -0.39 is 26.9 Å². The molecule has 1 aromatic heterocycles. The number of halogens is 3. The van der Waals surface area contributed by atoms with Gasteiger partial charge in [0.2, 0.25) is 15.0 Å². The second-order valence-electron chi connectivity index (χ2n) is 3.89. The molecule has 0 aromatic carbocycles. The molecule has 8 heteroatoms. The Morgan fingerprint density at radius 2 is 1.76 bits per heavy atom. The van der Waals surface area contributed by atoms with Crippen LogP contribution in [0, 0.1) is 0 Å². The highest BCUT2D eigenvalue weighted by molar-refractivity contribution is 7.90. The Balaban J connectivity index is 3.51. The summed E-state index contributed by atoms with van der Waals surface area (Å²) in [5.74, 6) is -0.320. The second-order valence-corrected chi connectivity index (χ2v) is 5.79. The molecule has 96 valence electrons. The Kier molecular flexibility index (Phi) is 3.47. The zero-order valence-corrected chi connectivity index (χ0v) is 10.2. The average Bonchev–Trinajstić information content (AvgIpc) is 2.14. The molecule has 17 heavy (non-hydrogen) atoms. The van der Waals surface area contributed by atoms with Crippen molar-refractivity contribution in [1.29, 1.82) is 0 Å². The van der Waals surface area contributed by atoms with Gasteiger partial charge in [0.05, 0.1) is 0 Å². The highest BCUT2D eigenvalue weighted by Gasteiger charge is 2.34. The molecule has 0 aliphatic heterocycles. The molecule has 0 saturated carbocycles. The fraction of sp³-hybridized carbons (Fsp3) is 0.556. The molecule has 0 N–H and O–H groups in total. The summed E-state index contributed by atoms with van der Waals surface area (Å²) >= 11 is 0. The molecule has 0 saturated heterocycles. The van der Waals surface area contributed by atoms with Crippen molar-refractivity contribution in [1.82, 2.24) is 9.97 Å². The van der Waals surface area contributed by atoms with Crippen LogP contribution in [0.25, 0.3) is 0 Å². The maximum atomic E-state index is 12.5. The highest BCUT2D eigenvalue weighted by Crippen LogP contribution is 2.29. The monoisotopic (exact) mass is 268 g/mol. The molecule has 0 spiro atoms. The maximum absolute atomic E-state index is 12.5. The van der Waals surface area contributed by atoms with Gasteiger partial charge in [-0.05, 0) is 12.0 Å². The highest BCUT2D eigenvalue weighted by atomic mass is 32.2. The Hall–Kier alpha value is -1.18. The number of aromatic nitrogens is 2. The Labute approximate surface area is 96.8 Å². The third kappa shape index (κ3) is 3.39. The van der Waals surface area contributed by atoms with Crippen molar-refractivity contribution in [3.05, 3.63) is 17.5 Å². The normalized spacial score (nSPS) is 13.1. The summed E-state index contributed by atoms with van der Waals surface area (Å²) in [6.07, 6.45) is -3.92. The summed E-state index contributed by atoms with van der Waals surface area (Å²) in [6, 6.07) is 0.763. The molecule has 1 aromatic rings. The minimum absolute atomic E-state index is 0.0488. The lowest BCUT2D eigenvalue weighted by Gasteiger charge is -2.11. The van der Waals surface area contributed by atoms with Crippen molar-refractivity contribution >= 4 is 9.84 Å². The van der Waals surface area contributed by atoms with Crippen LogP contribution in [-0.2, 0) is 16.0 Å². The number of sulfone groups is 1. The lowest BCUT2D eigenvalue weighted by Crippen LogP contribution is -2.15. The van der Waals surface area contributed by atoms with Gasteiger partial charge in [-0.25, -0.2) is 18.4 Å². The van der Waals surface area contributed by atoms with E-state index in [1.807, 2.05) is 0 Å². The molecule has 0 bridgehead atoms. The van der Waals surface area contributed by atoms with E-state index in [2.05, 4.69) is 9.97 Å². The van der Waals surface area contributed by atoms with Crippen molar-refractivity contribution in [2.45, 2.75) is 31.1 Å². The predicted molar refractivity (Wildman–Crippen MR) is 54.2 cm³/mol. The minimum Gasteiger partial charge on any atom is -0.223 e. The Bertz CT molecular complexity index is 524. The standard InChI is InChI=1S/C9H11F3N2O2S/c1-5(2)6-4-7(9(10,11)12)14-8(13-6)17(3,15)16/h4-5H,1-3H3. The number of hydrogen-bond donors (Lipinski definition) is 0. The fourth-order valence-electron chi connectivity index (χ4n) is 1.05. The van der Waals surface area contributed by atoms with E-state index in [1.165, 1.54) is 0 Å². The van der Waals surface area contributed by atoms with Crippen molar-refractivity contribution in [3.63, 3.8) is 0 Å². The first-order valence-electron chi connectivity index (χ1n) is 4.68. The molecule has 0 amide bonds. The molecule has 1 heterocycles. The van der Waals surface area contributed by atoms with E-state index in [0.29, 0.717) is 0 Å². The van der Waals surface area contributed by atoms with Crippen molar-refractivity contribution in [2.24, 2.45) is 0 Å². The first-order valence-corrected chi connectivity index (χ1v) is 6.57. The van der Waals surface area contributed by atoms with E-state index in [4.69, 9.17) is 0 Å². The molecule has 4 nitrogen and oxygen atoms in total. The summed E-state index contributed by atoms with van der Waals surface area (Å²) in [6.45, 7) is 3.24. The number of alkyl halides is 3. The third-order valence-electron chi connectivity index (χ3n) is 1.94. The fourth-order valence-corrected chi connectivity index (χ4v) is 1.59. The van der Waals surface area contributed by atoms with Crippen molar-refractivity contribution in [3.8, 4) is 0 Å². The molecule has 0 aliphatic rings. The summed E-state index contributed by atoms with van der Waals surface area (Å²) in [5.41, 5.74) is -1.19. The summed E-state index contributed by atoms with van der Waals surface area (Å²) in [7, 11) is -3.86. The summed E-state index contributed by atoms with van der Waals surface area (Å²) in [5, 5.41) is -0.795. The smallest absolute Gasteiger partial charge is 0.223 e. The second kappa shape index (κ2) is 4.25. The van der Waals surface area contributed by atoms with Crippen LogP contribution in [0.1, 0.15) is 31.2 Å². The third-order valence-corrected chi connectivity index (χ3v) is 2.78. The van der Waals surface area contributed by atoms with Crippen molar-refractivity contribution < 1.29 is 21.6 Å². The van der Waals surface area contributed by atoms with Gasteiger partial charge in [0.15, 0.2) is 0 Å². The Morgan fingerprint density at radius 1 is 1.24 bits per heavy atom. The topological polar surface area (TPSA) is 59.9 Å². The zero-order valence-electron chi connectivity index (χ0n) is 9.41. The molecule has 1 rings (SSSR count). The SMILES string of the molecule is CC(C)c1cc(C(F)(F)F)nc(S(C)(=O)=O)n1. The molecular formula is C9H11F3N2O2S. The lowest BCUT2D eigenvalue weighted by molar-refractivity contribution is -0.141. The zero-order chi connectivity index (χ0) is 13.4. The Morgan fingerprint density at radius 3 is 2.12 bits per heavy atom. The van der Waals surface area contributed by atoms with Gasteiger partial charge in [-0.15, -0.1) is 0 Å². The van der Waals surface area contributed by atoms with E-state index in [9.17, 15) is 21.6 Å². The van der Waals surface area contributed by atoms with E-state index in [1.54, 1.807) is 13.8 Å². The van der Waals surface area contributed by atoms with Crippen LogP contribution in [0.3, 0.4) is 0 Å². The lowest BCUT2D eigenvalue weighted by atomic mass is 10.1. The quantitative estimate of drug-likeness (QED) is 0.770. The van der Waals surface area contributed by atoms with Gasteiger partial charge >= 0.3 is 6.18 Å².